The van der Waals surface area contributed by atoms with Crippen molar-refractivity contribution >= 4 is 27.5 Å². The van der Waals surface area contributed by atoms with Gasteiger partial charge in [-0.15, -0.1) is 0 Å². The molecule has 0 heterocycles. The van der Waals surface area contributed by atoms with Gasteiger partial charge >= 0.3 is 0 Å². The van der Waals surface area contributed by atoms with E-state index in [0.717, 1.165) is 24.8 Å². The second kappa shape index (κ2) is 8.42. The number of nitrogens with one attached hydrogen (secondary N) is 1. The second-order valence-corrected chi connectivity index (χ2v) is 8.97. The number of sulfonamides is 1. The van der Waals surface area contributed by atoms with E-state index in [4.69, 9.17) is 11.6 Å². The Bertz CT molecular complexity index is 913. The number of likely N-dealkylation sites (N-methyl/N-ethyl adjacent to an activating group) is 1. The molecule has 0 unspecified atom stereocenters. The van der Waals surface area contributed by atoms with E-state index in [0.29, 0.717) is 5.02 Å². The summed E-state index contributed by atoms with van der Waals surface area (Å²) in [5.74, 6) is -0.295. The first-order valence-electron chi connectivity index (χ1n) is 9.04. The SMILES string of the molecule is CCN(CC(=O)N[C@@H]1CCCc2ccccc21)S(=O)(=O)c1ccc(Cl)cc1. The van der Waals surface area contributed by atoms with E-state index in [-0.39, 0.29) is 29.9 Å². The zero-order valence-electron chi connectivity index (χ0n) is 15.2. The zero-order valence-corrected chi connectivity index (χ0v) is 16.8. The van der Waals surface area contributed by atoms with E-state index in [9.17, 15) is 13.2 Å². The quantitative estimate of drug-likeness (QED) is 0.797. The number of carbonyl (C=O) groups excluding carboxylic acids is 1. The fraction of sp³-hybridized carbons (Fsp3) is 0.350. The molecule has 0 spiro atoms. The van der Waals surface area contributed by atoms with Crippen LogP contribution in [-0.4, -0.2) is 31.7 Å². The summed E-state index contributed by atoms with van der Waals surface area (Å²) in [4.78, 5) is 12.7. The number of benzene rings is 2. The number of hydrogen-bond donors (Lipinski definition) is 1. The highest BCUT2D eigenvalue weighted by Crippen LogP contribution is 2.29. The van der Waals surface area contributed by atoms with Crippen molar-refractivity contribution in [3.63, 3.8) is 0 Å². The summed E-state index contributed by atoms with van der Waals surface area (Å²) >= 11 is 5.84. The maximum Gasteiger partial charge on any atom is 0.243 e. The Kier molecular flexibility index (Phi) is 6.19. The lowest BCUT2D eigenvalue weighted by molar-refractivity contribution is -0.122. The molecule has 7 heteroatoms. The van der Waals surface area contributed by atoms with Gasteiger partial charge in [0.25, 0.3) is 0 Å². The molecule has 0 fully saturated rings. The van der Waals surface area contributed by atoms with Gasteiger partial charge in [-0.25, -0.2) is 8.42 Å². The van der Waals surface area contributed by atoms with Gasteiger partial charge in [0.2, 0.25) is 15.9 Å². The van der Waals surface area contributed by atoms with Gasteiger partial charge < -0.3 is 5.32 Å². The van der Waals surface area contributed by atoms with Crippen LogP contribution in [0.25, 0.3) is 0 Å². The van der Waals surface area contributed by atoms with Crippen LogP contribution in [-0.2, 0) is 21.2 Å². The lowest BCUT2D eigenvalue weighted by atomic mass is 9.88. The molecule has 2 aromatic carbocycles. The molecule has 5 nitrogen and oxygen atoms in total. The van der Waals surface area contributed by atoms with Crippen molar-refractivity contribution in [1.82, 2.24) is 9.62 Å². The number of rotatable bonds is 6. The molecule has 0 radical (unpaired) electrons. The molecule has 0 bridgehead atoms. The number of halogens is 1. The summed E-state index contributed by atoms with van der Waals surface area (Å²) in [6.45, 7) is 1.72. The van der Waals surface area contributed by atoms with Gasteiger partial charge in [-0.3, -0.25) is 4.79 Å². The molecule has 0 aromatic heterocycles. The van der Waals surface area contributed by atoms with E-state index in [2.05, 4.69) is 11.4 Å². The van der Waals surface area contributed by atoms with Gasteiger partial charge in [0.05, 0.1) is 17.5 Å². The van der Waals surface area contributed by atoms with E-state index in [1.165, 1.54) is 34.1 Å². The van der Waals surface area contributed by atoms with Gasteiger partial charge in [0.15, 0.2) is 0 Å². The monoisotopic (exact) mass is 406 g/mol. The van der Waals surface area contributed by atoms with Gasteiger partial charge in [0.1, 0.15) is 0 Å². The van der Waals surface area contributed by atoms with Crippen LogP contribution >= 0.6 is 11.6 Å². The van der Waals surface area contributed by atoms with Crippen LogP contribution in [0.1, 0.15) is 36.9 Å². The highest BCUT2D eigenvalue weighted by atomic mass is 35.5. The maximum atomic E-state index is 12.8. The molecule has 1 atom stereocenters. The Morgan fingerprint density at radius 1 is 1.19 bits per heavy atom. The van der Waals surface area contributed by atoms with Crippen LogP contribution in [0.15, 0.2) is 53.4 Å². The van der Waals surface area contributed by atoms with Crippen LogP contribution in [0.5, 0.6) is 0 Å². The zero-order chi connectivity index (χ0) is 19.4. The van der Waals surface area contributed by atoms with Crippen LogP contribution in [0.2, 0.25) is 5.02 Å². The van der Waals surface area contributed by atoms with E-state index < -0.39 is 10.0 Å². The number of hydrogen-bond acceptors (Lipinski definition) is 3. The van der Waals surface area contributed by atoms with Crippen molar-refractivity contribution in [2.24, 2.45) is 0 Å². The molecule has 1 amide bonds. The molecule has 144 valence electrons. The van der Waals surface area contributed by atoms with E-state index >= 15 is 0 Å². The maximum absolute atomic E-state index is 12.8. The Morgan fingerprint density at radius 2 is 1.89 bits per heavy atom. The highest BCUT2D eigenvalue weighted by Gasteiger charge is 2.27. The van der Waals surface area contributed by atoms with Crippen molar-refractivity contribution in [2.75, 3.05) is 13.1 Å². The largest absolute Gasteiger partial charge is 0.348 e. The minimum Gasteiger partial charge on any atom is -0.348 e. The Morgan fingerprint density at radius 3 is 2.59 bits per heavy atom. The average Bonchev–Trinajstić information content (AvgIpc) is 2.66. The topological polar surface area (TPSA) is 66.5 Å². The number of aryl methyl sites for hydroxylation is 1. The minimum absolute atomic E-state index is 0.0700. The Labute approximate surface area is 165 Å². The third kappa shape index (κ3) is 4.51. The van der Waals surface area contributed by atoms with Crippen molar-refractivity contribution in [3.05, 3.63) is 64.7 Å². The number of amides is 1. The Balaban J connectivity index is 1.72. The van der Waals surface area contributed by atoms with Crippen LogP contribution in [0.3, 0.4) is 0 Å². The molecule has 0 aliphatic heterocycles. The Hall–Kier alpha value is -1.89. The summed E-state index contributed by atoms with van der Waals surface area (Å²) in [5, 5.41) is 3.47. The smallest absolute Gasteiger partial charge is 0.243 e. The fourth-order valence-corrected chi connectivity index (χ4v) is 4.96. The molecule has 3 rings (SSSR count). The number of nitrogens with zero attached hydrogens (tertiary/aromatic N) is 1. The number of fused-ring (bicyclic) bond motifs is 1. The third-order valence-corrected chi connectivity index (χ3v) is 7.02. The first-order chi connectivity index (χ1) is 12.9. The number of carbonyl (C=O) groups is 1. The summed E-state index contributed by atoms with van der Waals surface area (Å²) in [7, 11) is -3.75. The molecule has 1 aliphatic carbocycles. The molecule has 0 saturated carbocycles. The minimum atomic E-state index is -3.75. The molecule has 27 heavy (non-hydrogen) atoms. The van der Waals surface area contributed by atoms with Crippen molar-refractivity contribution < 1.29 is 13.2 Å². The van der Waals surface area contributed by atoms with Gasteiger partial charge in [-0.05, 0) is 54.7 Å². The second-order valence-electron chi connectivity index (χ2n) is 6.60. The van der Waals surface area contributed by atoms with Crippen LogP contribution in [0.4, 0.5) is 0 Å². The van der Waals surface area contributed by atoms with Crippen LogP contribution < -0.4 is 5.32 Å². The van der Waals surface area contributed by atoms with Gasteiger partial charge in [-0.2, -0.15) is 4.31 Å². The predicted octanol–water partition coefficient (Wildman–Crippen LogP) is 3.54. The summed E-state index contributed by atoms with van der Waals surface area (Å²) in [6.07, 6.45) is 2.87. The fourth-order valence-electron chi connectivity index (χ4n) is 3.43. The van der Waals surface area contributed by atoms with Crippen molar-refractivity contribution in [2.45, 2.75) is 37.1 Å². The molecule has 1 N–H and O–H groups in total. The van der Waals surface area contributed by atoms with Gasteiger partial charge in [-0.1, -0.05) is 42.8 Å². The lowest BCUT2D eigenvalue weighted by Crippen LogP contribution is -2.42. The average molecular weight is 407 g/mol. The first-order valence-corrected chi connectivity index (χ1v) is 10.9. The standard InChI is InChI=1S/C20H23ClN2O3S/c1-2-23(27(25,26)17-12-10-16(21)11-13-17)14-20(24)22-19-9-5-7-15-6-3-4-8-18(15)19/h3-4,6,8,10-13,19H,2,5,7,9,14H2,1H3,(H,22,24)/t19-/m1/s1. The third-order valence-electron chi connectivity index (χ3n) is 4.83. The first kappa shape index (κ1) is 19.9. The highest BCUT2D eigenvalue weighted by molar-refractivity contribution is 7.89. The lowest BCUT2D eigenvalue weighted by Gasteiger charge is -2.27. The molecular weight excluding hydrogens is 384 g/mol. The van der Waals surface area contributed by atoms with Gasteiger partial charge in [0, 0.05) is 11.6 Å². The van der Waals surface area contributed by atoms with E-state index in [1.807, 2.05) is 18.2 Å². The predicted molar refractivity (Wildman–Crippen MR) is 106 cm³/mol. The van der Waals surface area contributed by atoms with E-state index in [1.54, 1.807) is 6.92 Å². The normalized spacial score (nSPS) is 16.8. The molecule has 2 aromatic rings. The molecule has 1 aliphatic rings. The molecular formula is C20H23ClN2O3S. The summed E-state index contributed by atoms with van der Waals surface area (Å²) < 4.78 is 26.8. The molecule has 0 saturated heterocycles. The van der Waals surface area contributed by atoms with Crippen LogP contribution in [0, 0.1) is 0 Å². The summed E-state index contributed by atoms with van der Waals surface area (Å²) in [6, 6.07) is 14.0. The van der Waals surface area contributed by atoms with Crippen molar-refractivity contribution in [3.8, 4) is 0 Å². The summed E-state index contributed by atoms with van der Waals surface area (Å²) in [5.41, 5.74) is 2.37. The van der Waals surface area contributed by atoms with Crippen molar-refractivity contribution in [1.29, 1.82) is 0 Å².